The molecule has 1 aromatic rings. The van der Waals surface area contributed by atoms with Crippen molar-refractivity contribution in [1.29, 1.82) is 0 Å². The summed E-state index contributed by atoms with van der Waals surface area (Å²) in [4.78, 5) is 27.3. The number of carbonyl (C=O) groups is 2. The maximum absolute atomic E-state index is 12.9. The highest BCUT2D eigenvalue weighted by Crippen LogP contribution is 2.47. The molecule has 1 heterocycles. The SMILES string of the molecule is NC1C2CCC(C2)C1C(=O)NC1CCCN(c2ccc(OC(F)F)cc2)C1=O. The summed E-state index contributed by atoms with van der Waals surface area (Å²) in [5.41, 5.74) is 6.85. The smallest absolute Gasteiger partial charge is 0.387 e. The van der Waals surface area contributed by atoms with Crippen LogP contribution in [-0.2, 0) is 9.59 Å². The zero-order valence-electron chi connectivity index (χ0n) is 15.5. The van der Waals surface area contributed by atoms with E-state index in [1.54, 1.807) is 17.0 Å². The van der Waals surface area contributed by atoms with Crippen molar-refractivity contribution in [3.63, 3.8) is 0 Å². The normalized spacial score (nSPS) is 32.1. The summed E-state index contributed by atoms with van der Waals surface area (Å²) in [6.07, 6.45) is 4.47. The van der Waals surface area contributed by atoms with Crippen LogP contribution in [-0.4, -0.2) is 37.1 Å². The number of benzene rings is 1. The Balaban J connectivity index is 1.41. The Labute approximate surface area is 162 Å². The molecule has 152 valence electrons. The third kappa shape index (κ3) is 3.57. The van der Waals surface area contributed by atoms with Crippen molar-refractivity contribution in [3.8, 4) is 5.75 Å². The number of hydrogen-bond donors (Lipinski definition) is 2. The van der Waals surface area contributed by atoms with Crippen molar-refractivity contribution in [2.24, 2.45) is 23.5 Å². The monoisotopic (exact) mass is 393 g/mol. The molecule has 1 aromatic carbocycles. The van der Waals surface area contributed by atoms with E-state index in [2.05, 4.69) is 10.1 Å². The molecule has 1 aliphatic heterocycles. The molecule has 2 bridgehead atoms. The van der Waals surface area contributed by atoms with Crippen LogP contribution in [0.3, 0.4) is 0 Å². The third-order valence-corrected chi connectivity index (χ3v) is 6.41. The molecule has 3 N–H and O–H groups in total. The molecular weight excluding hydrogens is 368 g/mol. The lowest BCUT2D eigenvalue weighted by molar-refractivity contribution is -0.132. The van der Waals surface area contributed by atoms with Gasteiger partial charge in [0.2, 0.25) is 11.8 Å². The predicted octanol–water partition coefficient (Wildman–Crippen LogP) is 2.27. The Kier molecular flexibility index (Phi) is 5.23. The third-order valence-electron chi connectivity index (χ3n) is 6.41. The number of hydrogen-bond acceptors (Lipinski definition) is 4. The average molecular weight is 393 g/mol. The standard InChI is InChI=1S/C20H25F2N3O3/c21-20(22)28-14-7-5-13(6-8-14)25-9-1-2-15(19(25)27)24-18(26)16-11-3-4-12(10-11)17(16)23/h5-8,11-12,15-17,20H,1-4,9-10,23H2,(H,24,26). The fraction of sp³-hybridized carbons (Fsp3) is 0.600. The quantitative estimate of drug-likeness (QED) is 0.804. The van der Waals surface area contributed by atoms with Gasteiger partial charge < -0.3 is 20.7 Å². The lowest BCUT2D eigenvalue weighted by Gasteiger charge is -2.34. The molecule has 4 rings (SSSR count). The maximum Gasteiger partial charge on any atom is 0.387 e. The van der Waals surface area contributed by atoms with Crippen LogP contribution in [0.4, 0.5) is 14.5 Å². The average Bonchev–Trinajstić information content (AvgIpc) is 3.25. The van der Waals surface area contributed by atoms with Gasteiger partial charge in [-0.15, -0.1) is 0 Å². The summed E-state index contributed by atoms with van der Waals surface area (Å²) >= 11 is 0. The second kappa shape index (κ2) is 7.66. The maximum atomic E-state index is 12.9. The molecule has 0 spiro atoms. The van der Waals surface area contributed by atoms with Gasteiger partial charge >= 0.3 is 6.61 Å². The van der Waals surface area contributed by atoms with Gasteiger partial charge in [-0.2, -0.15) is 8.78 Å². The number of nitrogens with one attached hydrogen (secondary N) is 1. The van der Waals surface area contributed by atoms with E-state index >= 15 is 0 Å². The summed E-state index contributed by atoms with van der Waals surface area (Å²) in [6, 6.07) is 5.27. The van der Waals surface area contributed by atoms with E-state index in [9.17, 15) is 18.4 Å². The van der Waals surface area contributed by atoms with Gasteiger partial charge in [0.1, 0.15) is 11.8 Å². The summed E-state index contributed by atoms with van der Waals surface area (Å²) < 4.78 is 28.9. The van der Waals surface area contributed by atoms with E-state index in [-0.39, 0.29) is 29.5 Å². The summed E-state index contributed by atoms with van der Waals surface area (Å²) in [7, 11) is 0. The van der Waals surface area contributed by atoms with Crippen LogP contribution < -0.4 is 20.7 Å². The number of anilines is 1. The number of amides is 2. The number of nitrogens with two attached hydrogens (primary N) is 1. The topological polar surface area (TPSA) is 84.7 Å². The Bertz CT molecular complexity index is 741. The second-order valence-corrected chi connectivity index (χ2v) is 8.00. The van der Waals surface area contributed by atoms with Gasteiger partial charge in [0.15, 0.2) is 0 Å². The van der Waals surface area contributed by atoms with E-state index in [4.69, 9.17) is 5.73 Å². The van der Waals surface area contributed by atoms with Crippen molar-refractivity contribution in [1.82, 2.24) is 5.32 Å². The number of ether oxygens (including phenoxy) is 1. The van der Waals surface area contributed by atoms with Crippen molar-refractivity contribution >= 4 is 17.5 Å². The van der Waals surface area contributed by atoms with Crippen LogP contribution in [0.1, 0.15) is 32.1 Å². The molecule has 0 aromatic heterocycles. The van der Waals surface area contributed by atoms with Crippen molar-refractivity contribution in [3.05, 3.63) is 24.3 Å². The predicted molar refractivity (Wildman–Crippen MR) is 98.9 cm³/mol. The van der Waals surface area contributed by atoms with Gasteiger partial charge in [-0.3, -0.25) is 9.59 Å². The van der Waals surface area contributed by atoms with Gasteiger partial charge in [-0.25, -0.2) is 0 Å². The number of nitrogens with zero attached hydrogens (tertiary/aromatic N) is 1. The van der Waals surface area contributed by atoms with Crippen molar-refractivity contribution in [2.75, 3.05) is 11.4 Å². The number of carbonyl (C=O) groups excluding carboxylic acids is 2. The fourth-order valence-electron chi connectivity index (χ4n) is 5.07. The molecule has 3 aliphatic rings. The number of fused-ring (bicyclic) bond motifs is 2. The summed E-state index contributed by atoms with van der Waals surface area (Å²) in [6.45, 7) is -2.37. The zero-order chi connectivity index (χ0) is 19.8. The molecule has 5 unspecified atom stereocenters. The number of piperidine rings is 1. The molecule has 0 radical (unpaired) electrons. The van der Waals surface area contributed by atoms with E-state index in [0.717, 1.165) is 25.7 Å². The lowest BCUT2D eigenvalue weighted by Crippen LogP contribution is -2.55. The number of alkyl halides is 2. The Hall–Kier alpha value is -2.22. The molecule has 2 aliphatic carbocycles. The molecule has 6 nitrogen and oxygen atoms in total. The van der Waals surface area contributed by atoms with Gasteiger partial charge in [0.05, 0.1) is 5.92 Å². The number of halogens is 2. The van der Waals surface area contributed by atoms with E-state index in [0.29, 0.717) is 30.5 Å². The van der Waals surface area contributed by atoms with Gasteiger partial charge in [-0.05, 0) is 68.2 Å². The molecule has 2 amide bonds. The van der Waals surface area contributed by atoms with Gasteiger partial charge in [0.25, 0.3) is 0 Å². The summed E-state index contributed by atoms with van der Waals surface area (Å²) in [5, 5.41) is 2.93. The van der Waals surface area contributed by atoms with E-state index in [1.807, 2.05) is 0 Å². The first-order valence-corrected chi connectivity index (χ1v) is 9.86. The van der Waals surface area contributed by atoms with Crippen LogP contribution in [0.25, 0.3) is 0 Å². The molecule has 8 heteroatoms. The first kappa shape index (κ1) is 19.1. The second-order valence-electron chi connectivity index (χ2n) is 8.00. The minimum Gasteiger partial charge on any atom is -0.435 e. The highest BCUT2D eigenvalue weighted by molar-refractivity contribution is 6.00. The minimum absolute atomic E-state index is 0.0401. The van der Waals surface area contributed by atoms with Crippen LogP contribution in [0.5, 0.6) is 5.75 Å². The highest BCUT2D eigenvalue weighted by atomic mass is 19.3. The molecular formula is C20H25F2N3O3. The molecule has 2 saturated carbocycles. The number of rotatable bonds is 5. The van der Waals surface area contributed by atoms with E-state index < -0.39 is 12.7 Å². The van der Waals surface area contributed by atoms with E-state index in [1.165, 1.54) is 12.1 Å². The van der Waals surface area contributed by atoms with Crippen LogP contribution in [0.2, 0.25) is 0 Å². The fourth-order valence-corrected chi connectivity index (χ4v) is 5.07. The zero-order valence-corrected chi connectivity index (χ0v) is 15.5. The van der Waals surface area contributed by atoms with Crippen LogP contribution in [0.15, 0.2) is 24.3 Å². The molecule has 3 fully saturated rings. The van der Waals surface area contributed by atoms with Crippen molar-refractivity contribution < 1.29 is 23.1 Å². The largest absolute Gasteiger partial charge is 0.435 e. The van der Waals surface area contributed by atoms with Crippen molar-refractivity contribution in [2.45, 2.75) is 50.8 Å². The van der Waals surface area contributed by atoms with Crippen LogP contribution in [0, 0.1) is 17.8 Å². The first-order valence-electron chi connectivity index (χ1n) is 9.86. The summed E-state index contributed by atoms with van der Waals surface area (Å²) in [5.74, 6) is 0.302. The Morgan fingerprint density at radius 2 is 1.89 bits per heavy atom. The first-order chi connectivity index (χ1) is 13.4. The molecule has 5 atom stereocenters. The van der Waals surface area contributed by atoms with Crippen LogP contribution >= 0.6 is 0 Å². The molecule has 28 heavy (non-hydrogen) atoms. The molecule has 1 saturated heterocycles. The van der Waals surface area contributed by atoms with Gasteiger partial charge in [0, 0.05) is 18.3 Å². The Morgan fingerprint density at radius 1 is 1.18 bits per heavy atom. The lowest BCUT2D eigenvalue weighted by atomic mass is 9.84. The Morgan fingerprint density at radius 3 is 2.54 bits per heavy atom. The highest BCUT2D eigenvalue weighted by Gasteiger charge is 2.49. The van der Waals surface area contributed by atoms with Gasteiger partial charge in [-0.1, -0.05) is 0 Å². The minimum atomic E-state index is -2.89.